The standard InChI is InChI=1S/C19H21NO3S2/c1-3-4-10-15(18(22)23)20-17(21)16(25-19(20)24)12-13(2)11-14-8-6-5-7-9-14/h5-9,11-12,15H,3-4,10H2,1-2H3,(H,22,23)/b13-11+,16-12-/t15-/m1/s1. The van der Waals surface area contributed by atoms with Gasteiger partial charge in [-0.3, -0.25) is 9.69 Å². The van der Waals surface area contributed by atoms with Crippen LogP contribution < -0.4 is 0 Å². The molecule has 132 valence electrons. The largest absolute Gasteiger partial charge is 0.480 e. The van der Waals surface area contributed by atoms with Crippen LogP contribution in [0.15, 0.2) is 46.9 Å². The number of aliphatic carboxylic acids is 1. The van der Waals surface area contributed by atoms with Gasteiger partial charge >= 0.3 is 5.97 Å². The number of carbonyl (C=O) groups is 2. The number of carboxylic acids is 1. The van der Waals surface area contributed by atoms with E-state index in [9.17, 15) is 14.7 Å². The van der Waals surface area contributed by atoms with E-state index in [1.165, 1.54) is 4.90 Å². The third-order valence-electron chi connectivity index (χ3n) is 3.80. The van der Waals surface area contributed by atoms with Crippen LogP contribution in [-0.2, 0) is 9.59 Å². The van der Waals surface area contributed by atoms with Crippen LogP contribution in [0.2, 0.25) is 0 Å². The van der Waals surface area contributed by atoms with E-state index in [-0.39, 0.29) is 5.91 Å². The van der Waals surface area contributed by atoms with Crippen LogP contribution in [0.25, 0.3) is 6.08 Å². The van der Waals surface area contributed by atoms with Crippen molar-refractivity contribution in [3.05, 3.63) is 52.4 Å². The second-order valence-electron chi connectivity index (χ2n) is 5.85. The molecule has 25 heavy (non-hydrogen) atoms. The van der Waals surface area contributed by atoms with Crippen molar-refractivity contribution in [2.45, 2.75) is 39.2 Å². The van der Waals surface area contributed by atoms with Gasteiger partial charge in [-0.15, -0.1) is 0 Å². The highest BCUT2D eigenvalue weighted by atomic mass is 32.2. The highest BCUT2D eigenvalue weighted by Gasteiger charge is 2.39. The highest BCUT2D eigenvalue weighted by molar-refractivity contribution is 8.26. The highest BCUT2D eigenvalue weighted by Crippen LogP contribution is 2.34. The lowest BCUT2D eigenvalue weighted by molar-refractivity contribution is -0.145. The molecule has 0 unspecified atom stereocenters. The summed E-state index contributed by atoms with van der Waals surface area (Å²) in [6.45, 7) is 3.90. The molecule has 1 heterocycles. The molecular weight excluding hydrogens is 354 g/mol. The van der Waals surface area contributed by atoms with E-state index >= 15 is 0 Å². The number of amides is 1. The Morgan fingerprint density at radius 1 is 1.36 bits per heavy atom. The molecule has 0 spiro atoms. The molecule has 1 aliphatic heterocycles. The first kappa shape index (κ1) is 19.4. The van der Waals surface area contributed by atoms with Crippen molar-refractivity contribution in [2.24, 2.45) is 0 Å². The fourth-order valence-corrected chi connectivity index (χ4v) is 3.98. The van der Waals surface area contributed by atoms with E-state index < -0.39 is 12.0 Å². The molecule has 0 radical (unpaired) electrons. The zero-order chi connectivity index (χ0) is 18.4. The van der Waals surface area contributed by atoms with Gasteiger partial charge in [-0.25, -0.2) is 4.79 Å². The Hall–Kier alpha value is -1.92. The van der Waals surface area contributed by atoms with Crippen LogP contribution >= 0.6 is 24.0 Å². The molecule has 2 rings (SSSR count). The molecule has 6 heteroatoms. The summed E-state index contributed by atoms with van der Waals surface area (Å²) in [6.07, 6.45) is 5.75. The maximum atomic E-state index is 12.7. The van der Waals surface area contributed by atoms with Gasteiger partial charge in [0, 0.05) is 0 Å². The number of carbonyl (C=O) groups excluding carboxylic acids is 1. The number of rotatable bonds is 7. The molecule has 0 aliphatic carbocycles. The molecule has 4 nitrogen and oxygen atoms in total. The molecule has 0 bridgehead atoms. The van der Waals surface area contributed by atoms with E-state index in [2.05, 4.69) is 0 Å². The van der Waals surface area contributed by atoms with Crippen molar-refractivity contribution >= 4 is 46.3 Å². The number of thiocarbonyl (C=S) groups is 1. The molecular formula is C19H21NO3S2. The normalized spacial score (nSPS) is 18.1. The van der Waals surface area contributed by atoms with Crippen molar-refractivity contribution in [3.63, 3.8) is 0 Å². The summed E-state index contributed by atoms with van der Waals surface area (Å²) in [4.78, 5) is 26.0. The number of benzene rings is 1. The number of thioether (sulfide) groups is 1. The molecule has 1 saturated heterocycles. The number of unbranched alkanes of at least 4 members (excludes halogenated alkanes) is 1. The quantitative estimate of drug-likeness (QED) is 0.562. The van der Waals surface area contributed by atoms with Gasteiger partial charge in [-0.05, 0) is 30.6 Å². The van der Waals surface area contributed by atoms with Crippen LogP contribution in [0.4, 0.5) is 0 Å². The minimum Gasteiger partial charge on any atom is -0.480 e. The maximum absolute atomic E-state index is 12.7. The van der Waals surface area contributed by atoms with E-state index in [4.69, 9.17) is 12.2 Å². The topological polar surface area (TPSA) is 57.6 Å². The summed E-state index contributed by atoms with van der Waals surface area (Å²) >= 11 is 6.43. The lowest BCUT2D eigenvalue weighted by Gasteiger charge is -2.22. The molecule has 1 amide bonds. The summed E-state index contributed by atoms with van der Waals surface area (Å²) in [5, 5.41) is 9.47. The molecule has 1 aromatic rings. The average molecular weight is 376 g/mol. The van der Waals surface area contributed by atoms with Crippen molar-refractivity contribution in [1.29, 1.82) is 0 Å². The van der Waals surface area contributed by atoms with Crippen LogP contribution in [-0.4, -0.2) is 32.2 Å². The van der Waals surface area contributed by atoms with Crippen LogP contribution in [0.3, 0.4) is 0 Å². The van der Waals surface area contributed by atoms with E-state index in [0.29, 0.717) is 15.6 Å². The van der Waals surface area contributed by atoms with Crippen LogP contribution in [0, 0.1) is 0 Å². The Bertz CT molecular complexity index is 725. The second kappa shape index (κ2) is 8.97. The van der Waals surface area contributed by atoms with E-state index in [0.717, 1.165) is 35.7 Å². The van der Waals surface area contributed by atoms with Crippen molar-refractivity contribution in [1.82, 2.24) is 4.90 Å². The van der Waals surface area contributed by atoms with E-state index in [1.54, 1.807) is 6.08 Å². The molecule has 1 aromatic carbocycles. The first-order valence-electron chi connectivity index (χ1n) is 8.17. The van der Waals surface area contributed by atoms with Crippen molar-refractivity contribution in [2.75, 3.05) is 0 Å². The lowest BCUT2D eigenvalue weighted by atomic mass is 10.1. The second-order valence-corrected chi connectivity index (χ2v) is 7.52. The number of carboxylic acid groups (broad SMARTS) is 1. The molecule has 0 aromatic heterocycles. The SMILES string of the molecule is CCCC[C@H](C(=O)O)N1C(=O)/C(=C/C(C)=C/c2ccccc2)SC1=S. The van der Waals surface area contributed by atoms with E-state index in [1.807, 2.05) is 50.3 Å². The molecule has 1 atom stereocenters. The van der Waals surface area contributed by atoms with Crippen LogP contribution in [0.1, 0.15) is 38.7 Å². The predicted molar refractivity (Wildman–Crippen MR) is 106 cm³/mol. The maximum Gasteiger partial charge on any atom is 0.326 e. The summed E-state index contributed by atoms with van der Waals surface area (Å²) in [7, 11) is 0. The van der Waals surface area contributed by atoms with Crippen molar-refractivity contribution in [3.8, 4) is 0 Å². The first-order chi connectivity index (χ1) is 11.9. The minimum atomic E-state index is -1.01. The first-order valence-corrected chi connectivity index (χ1v) is 9.39. The predicted octanol–water partition coefficient (Wildman–Crippen LogP) is 4.48. The summed E-state index contributed by atoms with van der Waals surface area (Å²) in [6, 6.07) is 8.91. The summed E-state index contributed by atoms with van der Waals surface area (Å²) < 4.78 is 0.312. The Morgan fingerprint density at radius 2 is 2.04 bits per heavy atom. The fourth-order valence-electron chi connectivity index (χ4n) is 2.57. The number of allylic oxidation sites excluding steroid dienone is 2. The monoisotopic (exact) mass is 375 g/mol. The number of nitrogens with zero attached hydrogens (tertiary/aromatic N) is 1. The number of hydrogen-bond donors (Lipinski definition) is 1. The number of hydrogen-bond acceptors (Lipinski definition) is 4. The Kier molecular flexibility index (Phi) is 6.96. The zero-order valence-electron chi connectivity index (χ0n) is 14.3. The zero-order valence-corrected chi connectivity index (χ0v) is 15.9. The Balaban J connectivity index is 2.22. The molecule has 1 fully saturated rings. The van der Waals surface area contributed by atoms with Gasteiger partial charge in [0.25, 0.3) is 5.91 Å². The van der Waals surface area contributed by atoms with Gasteiger partial charge in [-0.1, -0.05) is 80.2 Å². The fraction of sp³-hybridized carbons (Fsp3) is 0.316. The lowest BCUT2D eigenvalue weighted by Crippen LogP contribution is -2.43. The smallest absolute Gasteiger partial charge is 0.326 e. The van der Waals surface area contributed by atoms with Gasteiger partial charge < -0.3 is 5.11 Å². The third kappa shape index (κ3) is 5.03. The van der Waals surface area contributed by atoms with Gasteiger partial charge in [-0.2, -0.15) is 0 Å². The van der Waals surface area contributed by atoms with Gasteiger partial charge in [0.2, 0.25) is 0 Å². The Morgan fingerprint density at radius 3 is 2.64 bits per heavy atom. The molecule has 0 saturated carbocycles. The third-order valence-corrected chi connectivity index (χ3v) is 5.13. The van der Waals surface area contributed by atoms with Crippen LogP contribution in [0.5, 0.6) is 0 Å². The molecule has 1 aliphatic rings. The summed E-state index contributed by atoms with van der Waals surface area (Å²) in [5.41, 5.74) is 1.95. The average Bonchev–Trinajstić information content (AvgIpc) is 2.83. The van der Waals surface area contributed by atoms with Gasteiger partial charge in [0.1, 0.15) is 10.4 Å². The van der Waals surface area contributed by atoms with Crippen molar-refractivity contribution < 1.29 is 14.7 Å². The minimum absolute atomic E-state index is 0.312. The Labute approximate surface area is 157 Å². The summed E-state index contributed by atoms with van der Waals surface area (Å²) in [5.74, 6) is -1.33. The molecule has 1 N–H and O–H groups in total. The van der Waals surface area contributed by atoms with Gasteiger partial charge in [0.05, 0.1) is 4.91 Å². The van der Waals surface area contributed by atoms with Gasteiger partial charge in [0.15, 0.2) is 0 Å².